The molecule has 0 aliphatic rings. The Balaban J connectivity index is 1.80. The van der Waals surface area contributed by atoms with Crippen LogP contribution in [0.25, 0.3) is 16.9 Å². The van der Waals surface area contributed by atoms with Crippen molar-refractivity contribution in [1.29, 1.82) is 0 Å². The van der Waals surface area contributed by atoms with E-state index in [0.29, 0.717) is 0 Å². The first-order valence-corrected chi connectivity index (χ1v) is 8.01. The minimum absolute atomic E-state index is 0.762. The number of hydrogen-bond acceptors (Lipinski definition) is 2. The van der Waals surface area contributed by atoms with Crippen LogP contribution in [0.5, 0.6) is 0 Å². The van der Waals surface area contributed by atoms with E-state index in [4.69, 9.17) is 10.2 Å². The van der Waals surface area contributed by atoms with E-state index in [1.54, 1.807) is 4.80 Å². The van der Waals surface area contributed by atoms with Gasteiger partial charge in [-0.15, -0.1) is 5.10 Å². The van der Waals surface area contributed by atoms with Crippen molar-refractivity contribution in [3.05, 3.63) is 102 Å². The maximum absolute atomic E-state index is 4.76. The van der Waals surface area contributed by atoms with Crippen molar-refractivity contribution in [2.24, 2.45) is 0 Å². The Kier molecular flexibility index (Phi) is 3.90. The van der Waals surface area contributed by atoms with Crippen LogP contribution in [-0.2, 0) is 6.42 Å². The molecule has 0 fully saturated rings. The Labute approximate surface area is 141 Å². The largest absolute Gasteiger partial charge is 0.152 e. The molecule has 0 atom stereocenters. The van der Waals surface area contributed by atoms with Crippen molar-refractivity contribution in [3.63, 3.8) is 0 Å². The average Bonchev–Trinajstić information content (AvgIpc) is 3.08. The first-order valence-electron chi connectivity index (χ1n) is 8.01. The molecular formula is C21H17N3. The van der Waals surface area contributed by atoms with Crippen LogP contribution in [0.1, 0.15) is 11.3 Å². The molecule has 0 bridgehead atoms. The van der Waals surface area contributed by atoms with Crippen molar-refractivity contribution < 1.29 is 0 Å². The average molecular weight is 311 g/mol. The second-order valence-corrected chi connectivity index (χ2v) is 5.65. The van der Waals surface area contributed by atoms with Gasteiger partial charge in [-0.3, -0.25) is 0 Å². The van der Waals surface area contributed by atoms with E-state index in [0.717, 1.165) is 29.1 Å². The fourth-order valence-corrected chi connectivity index (χ4v) is 2.74. The van der Waals surface area contributed by atoms with Gasteiger partial charge in [0.1, 0.15) is 5.69 Å². The van der Waals surface area contributed by atoms with Crippen molar-refractivity contribution in [2.75, 3.05) is 0 Å². The van der Waals surface area contributed by atoms with Gasteiger partial charge in [-0.1, -0.05) is 78.9 Å². The summed E-state index contributed by atoms with van der Waals surface area (Å²) in [5.41, 5.74) is 5.20. The lowest BCUT2D eigenvalue weighted by atomic mass is 10.0. The molecule has 4 aromatic rings. The van der Waals surface area contributed by atoms with Crippen LogP contribution in [0.4, 0.5) is 0 Å². The van der Waals surface area contributed by atoms with E-state index in [-0.39, 0.29) is 0 Å². The summed E-state index contributed by atoms with van der Waals surface area (Å²) in [6.07, 6.45) is 0.762. The Morgan fingerprint density at radius 1 is 0.625 bits per heavy atom. The van der Waals surface area contributed by atoms with Gasteiger partial charge in [-0.05, 0) is 17.7 Å². The normalized spacial score (nSPS) is 10.7. The predicted molar refractivity (Wildman–Crippen MR) is 96.0 cm³/mol. The zero-order valence-corrected chi connectivity index (χ0v) is 13.2. The monoisotopic (exact) mass is 311 g/mol. The fourth-order valence-electron chi connectivity index (χ4n) is 2.74. The maximum atomic E-state index is 4.76. The molecule has 24 heavy (non-hydrogen) atoms. The molecular weight excluding hydrogens is 294 g/mol. The zero-order chi connectivity index (χ0) is 16.2. The highest BCUT2D eigenvalue weighted by Crippen LogP contribution is 2.23. The molecule has 0 aliphatic carbocycles. The van der Waals surface area contributed by atoms with Crippen molar-refractivity contribution in [2.45, 2.75) is 6.42 Å². The van der Waals surface area contributed by atoms with Gasteiger partial charge in [-0.25, -0.2) is 0 Å². The van der Waals surface area contributed by atoms with Crippen LogP contribution in [0.3, 0.4) is 0 Å². The van der Waals surface area contributed by atoms with Gasteiger partial charge >= 0.3 is 0 Å². The summed E-state index contributed by atoms with van der Waals surface area (Å²) >= 11 is 0. The molecule has 0 amide bonds. The molecule has 3 aromatic carbocycles. The highest BCUT2D eigenvalue weighted by Gasteiger charge is 2.14. The third kappa shape index (κ3) is 2.97. The number of nitrogens with zero attached hydrogens (tertiary/aromatic N) is 3. The molecule has 3 heteroatoms. The standard InChI is InChI=1S/C21H17N3/c1-4-10-17(11-5-1)16-20-21(18-12-6-2-7-13-18)23-24(22-20)19-14-8-3-9-15-19/h1-15H,16H2. The third-order valence-electron chi connectivity index (χ3n) is 3.93. The lowest BCUT2D eigenvalue weighted by Gasteiger charge is -2.01. The van der Waals surface area contributed by atoms with Gasteiger partial charge < -0.3 is 0 Å². The quantitative estimate of drug-likeness (QED) is 0.554. The molecule has 1 heterocycles. The van der Waals surface area contributed by atoms with E-state index >= 15 is 0 Å². The number of hydrogen-bond donors (Lipinski definition) is 0. The van der Waals surface area contributed by atoms with Crippen LogP contribution < -0.4 is 0 Å². The number of benzene rings is 3. The number of para-hydroxylation sites is 1. The topological polar surface area (TPSA) is 30.7 Å². The van der Waals surface area contributed by atoms with Crippen LogP contribution in [0.15, 0.2) is 91.0 Å². The molecule has 0 saturated heterocycles. The summed E-state index contributed by atoms with van der Waals surface area (Å²) in [5.74, 6) is 0. The molecule has 0 aliphatic heterocycles. The maximum Gasteiger partial charge on any atom is 0.117 e. The van der Waals surface area contributed by atoms with Gasteiger partial charge in [0.15, 0.2) is 0 Å². The van der Waals surface area contributed by atoms with E-state index in [2.05, 4.69) is 36.4 Å². The summed E-state index contributed by atoms with van der Waals surface area (Å²) in [6.45, 7) is 0. The SMILES string of the molecule is c1ccc(Cc2nn(-c3ccccc3)nc2-c2ccccc2)cc1. The van der Waals surface area contributed by atoms with Gasteiger partial charge in [0, 0.05) is 12.0 Å². The van der Waals surface area contributed by atoms with Gasteiger partial charge in [-0.2, -0.15) is 9.90 Å². The van der Waals surface area contributed by atoms with Crippen molar-refractivity contribution in [3.8, 4) is 16.9 Å². The molecule has 116 valence electrons. The minimum atomic E-state index is 0.762. The highest BCUT2D eigenvalue weighted by molar-refractivity contribution is 5.62. The number of aromatic nitrogens is 3. The first-order chi connectivity index (χ1) is 11.9. The molecule has 3 nitrogen and oxygen atoms in total. The van der Waals surface area contributed by atoms with E-state index in [9.17, 15) is 0 Å². The summed E-state index contributed by atoms with van der Waals surface area (Å²) in [7, 11) is 0. The van der Waals surface area contributed by atoms with E-state index in [1.807, 2.05) is 54.6 Å². The smallest absolute Gasteiger partial charge is 0.117 e. The lowest BCUT2D eigenvalue weighted by Crippen LogP contribution is -1.99. The predicted octanol–water partition coefficient (Wildman–Crippen LogP) is 4.53. The van der Waals surface area contributed by atoms with Gasteiger partial charge in [0.25, 0.3) is 0 Å². The zero-order valence-electron chi connectivity index (χ0n) is 13.2. The van der Waals surface area contributed by atoms with E-state index < -0.39 is 0 Å². The molecule has 0 unspecified atom stereocenters. The summed E-state index contributed by atoms with van der Waals surface area (Å²) in [6, 6.07) is 30.6. The van der Waals surface area contributed by atoms with Gasteiger partial charge in [0.2, 0.25) is 0 Å². The van der Waals surface area contributed by atoms with E-state index in [1.165, 1.54) is 5.56 Å². The summed E-state index contributed by atoms with van der Waals surface area (Å²) in [5, 5.41) is 9.51. The minimum Gasteiger partial charge on any atom is -0.152 e. The Bertz CT molecular complexity index is 913. The van der Waals surface area contributed by atoms with Crippen LogP contribution in [0, 0.1) is 0 Å². The third-order valence-corrected chi connectivity index (χ3v) is 3.93. The fraction of sp³-hybridized carbons (Fsp3) is 0.0476. The first kappa shape index (κ1) is 14.4. The Hall–Kier alpha value is -3.20. The number of rotatable bonds is 4. The Morgan fingerprint density at radius 3 is 1.88 bits per heavy atom. The molecule has 0 spiro atoms. The second-order valence-electron chi connectivity index (χ2n) is 5.65. The second kappa shape index (κ2) is 6.50. The van der Waals surface area contributed by atoms with Crippen LogP contribution in [-0.4, -0.2) is 15.0 Å². The highest BCUT2D eigenvalue weighted by atomic mass is 15.5. The van der Waals surface area contributed by atoms with Crippen LogP contribution >= 0.6 is 0 Å². The molecule has 4 rings (SSSR count). The molecule has 0 radical (unpaired) electrons. The summed E-state index contributed by atoms with van der Waals surface area (Å²) in [4.78, 5) is 1.72. The van der Waals surface area contributed by atoms with Gasteiger partial charge in [0.05, 0.1) is 11.4 Å². The molecule has 1 aromatic heterocycles. The Morgan fingerprint density at radius 2 is 1.21 bits per heavy atom. The lowest BCUT2D eigenvalue weighted by molar-refractivity contribution is 0.743. The van der Waals surface area contributed by atoms with Crippen molar-refractivity contribution in [1.82, 2.24) is 15.0 Å². The van der Waals surface area contributed by atoms with Crippen LogP contribution in [0.2, 0.25) is 0 Å². The molecule has 0 N–H and O–H groups in total. The molecule has 0 saturated carbocycles. The van der Waals surface area contributed by atoms with Crippen molar-refractivity contribution >= 4 is 0 Å². The summed E-state index contributed by atoms with van der Waals surface area (Å²) < 4.78 is 0.